The molecule has 0 aliphatic heterocycles. The number of rotatable bonds is 0. The molecule has 0 spiro atoms. The number of carbonyl (C=O) groups excluding carboxylic acids is 1. The first-order valence-electron chi connectivity index (χ1n) is 10.8. The average molecular weight is 475 g/mol. The minimum Gasteiger partial charge on any atom is -0.287 e. The molecule has 172 valence electrons. The first-order valence-corrected chi connectivity index (χ1v) is 10.8. The number of benzene rings is 2. The molecule has 7 aromatic rings. The summed E-state index contributed by atoms with van der Waals surface area (Å²) in [6.07, 6.45) is 0. The summed E-state index contributed by atoms with van der Waals surface area (Å²) in [7, 11) is 0. The maximum Gasteiger partial charge on any atom is 0.272 e. The van der Waals surface area contributed by atoms with Gasteiger partial charge in [-0.05, 0) is 6.92 Å². The zero-order valence-corrected chi connectivity index (χ0v) is 18.5. The van der Waals surface area contributed by atoms with Gasteiger partial charge in [0, 0.05) is 21.9 Å². The first kappa shape index (κ1) is 20.0. The van der Waals surface area contributed by atoms with Gasteiger partial charge in [0.25, 0.3) is 17.2 Å². The molecule has 0 saturated heterocycles. The van der Waals surface area contributed by atoms with E-state index in [1.165, 1.54) is 4.52 Å². The second-order valence-corrected chi connectivity index (χ2v) is 8.12. The number of nitrogens with zero attached hydrogens (tertiary/aromatic N) is 9. The molecule has 0 saturated carbocycles. The summed E-state index contributed by atoms with van der Waals surface area (Å²) >= 11 is 0. The quantitative estimate of drug-likeness (QED) is 0.325. The first-order chi connectivity index (χ1) is 17.5. The summed E-state index contributed by atoms with van der Waals surface area (Å²) in [5.41, 5.74) is 3.16. The van der Waals surface area contributed by atoms with Gasteiger partial charge < -0.3 is 0 Å². The molecule has 0 amide bonds. The molecule has 13 heteroatoms. The van der Waals surface area contributed by atoms with Crippen LogP contribution in [0.2, 0.25) is 0 Å². The Balaban J connectivity index is 0.000000122. The highest BCUT2D eigenvalue weighted by atomic mass is 16.1. The van der Waals surface area contributed by atoms with E-state index in [9.17, 15) is 9.59 Å². The molecule has 1 aliphatic carbocycles. The lowest BCUT2D eigenvalue weighted by atomic mass is 10.1. The topological polar surface area (TPSA) is 173 Å². The van der Waals surface area contributed by atoms with Crippen LogP contribution in [0.25, 0.3) is 44.6 Å². The standard InChI is InChI=1S/C12H7N5O.C11H6N6O/c1-6-14-15-12-13-10-9(16-17(6)12)7-4-2-3-5-8(7)11(10)18;12-10-14-15-11-13-7-5-3-1-2-4-6(5)9(18)8(7)16-17(10)11/h2-5H,1H3;1-4,12,16H. The fraction of sp³-hybridized carbons (Fsp3) is 0.0435. The molecule has 1 aliphatic rings. The largest absolute Gasteiger partial charge is 0.287 e. The smallest absolute Gasteiger partial charge is 0.272 e. The number of aromatic nitrogens is 10. The maximum absolute atomic E-state index is 12.2. The van der Waals surface area contributed by atoms with Crippen LogP contribution < -0.4 is 11.0 Å². The van der Waals surface area contributed by atoms with E-state index < -0.39 is 0 Å². The van der Waals surface area contributed by atoms with Crippen molar-refractivity contribution in [2.75, 3.05) is 0 Å². The highest BCUT2D eigenvalue weighted by Gasteiger charge is 2.30. The van der Waals surface area contributed by atoms with Crippen LogP contribution >= 0.6 is 0 Å². The van der Waals surface area contributed by atoms with Crippen molar-refractivity contribution in [1.82, 2.24) is 49.6 Å². The Hall–Kier alpha value is -5.46. The Morgan fingerprint density at radius 3 is 2.36 bits per heavy atom. The molecular weight excluding hydrogens is 462 g/mol. The molecule has 4 aromatic heterocycles. The van der Waals surface area contributed by atoms with E-state index >= 15 is 0 Å². The van der Waals surface area contributed by atoms with Gasteiger partial charge in [-0.15, -0.1) is 20.4 Å². The lowest BCUT2D eigenvalue weighted by Crippen LogP contribution is -2.14. The number of fused-ring (bicyclic) bond motifs is 8. The number of H-pyrrole nitrogens is 1. The zero-order chi connectivity index (χ0) is 24.6. The molecule has 13 nitrogen and oxygen atoms in total. The highest BCUT2D eigenvalue weighted by Crippen LogP contribution is 2.33. The number of hydrogen-bond donors (Lipinski definition) is 2. The van der Waals surface area contributed by atoms with E-state index in [0.717, 1.165) is 10.9 Å². The minimum absolute atomic E-state index is 0.0796. The molecule has 36 heavy (non-hydrogen) atoms. The Labute approximate surface area is 199 Å². The van der Waals surface area contributed by atoms with Gasteiger partial charge in [0.2, 0.25) is 11.2 Å². The van der Waals surface area contributed by atoms with Crippen molar-refractivity contribution < 1.29 is 4.79 Å². The predicted octanol–water partition coefficient (Wildman–Crippen LogP) is 1.08. The second kappa shape index (κ2) is 7.02. The van der Waals surface area contributed by atoms with Crippen molar-refractivity contribution >= 4 is 39.1 Å². The van der Waals surface area contributed by atoms with E-state index in [2.05, 4.69) is 40.6 Å². The van der Waals surface area contributed by atoms with E-state index in [4.69, 9.17) is 5.41 Å². The molecule has 0 bridgehead atoms. The number of ketones is 1. The molecule has 3 aromatic carbocycles. The Bertz CT molecular complexity index is 2140. The fourth-order valence-corrected chi connectivity index (χ4v) is 4.34. The Morgan fingerprint density at radius 2 is 1.53 bits per heavy atom. The summed E-state index contributed by atoms with van der Waals surface area (Å²) in [5.74, 6) is 1.18. The minimum atomic E-state index is -0.122. The summed E-state index contributed by atoms with van der Waals surface area (Å²) in [6, 6.07) is 14.6. The van der Waals surface area contributed by atoms with Crippen LogP contribution in [-0.4, -0.2) is 55.4 Å². The third kappa shape index (κ3) is 2.64. The Kier molecular flexibility index (Phi) is 3.89. The van der Waals surface area contributed by atoms with Gasteiger partial charge in [-0.25, -0.2) is 9.97 Å². The number of aryl methyl sites for hydroxylation is 1. The van der Waals surface area contributed by atoms with Crippen LogP contribution in [0.5, 0.6) is 0 Å². The number of hydrogen-bond acceptors (Lipinski definition) is 10. The molecule has 0 fully saturated rings. The van der Waals surface area contributed by atoms with Crippen molar-refractivity contribution in [3.63, 3.8) is 0 Å². The van der Waals surface area contributed by atoms with Gasteiger partial charge >= 0.3 is 0 Å². The van der Waals surface area contributed by atoms with Gasteiger partial charge in [0.05, 0.1) is 0 Å². The summed E-state index contributed by atoms with van der Waals surface area (Å²) < 4.78 is 2.83. The fourth-order valence-electron chi connectivity index (χ4n) is 4.34. The van der Waals surface area contributed by atoms with Crippen molar-refractivity contribution in [3.05, 3.63) is 81.5 Å². The van der Waals surface area contributed by atoms with Crippen molar-refractivity contribution in [2.24, 2.45) is 0 Å². The summed E-state index contributed by atoms with van der Waals surface area (Å²) in [6.45, 7) is 1.80. The van der Waals surface area contributed by atoms with Crippen LogP contribution in [0.4, 0.5) is 0 Å². The van der Waals surface area contributed by atoms with Crippen LogP contribution in [0, 0.1) is 12.3 Å². The zero-order valence-electron chi connectivity index (χ0n) is 18.5. The summed E-state index contributed by atoms with van der Waals surface area (Å²) in [5, 5.41) is 31.3. The van der Waals surface area contributed by atoms with Gasteiger partial charge in [-0.2, -0.15) is 14.1 Å². The lowest BCUT2D eigenvalue weighted by molar-refractivity contribution is 0.103. The van der Waals surface area contributed by atoms with Gasteiger partial charge in [-0.3, -0.25) is 20.1 Å². The maximum atomic E-state index is 12.2. The van der Waals surface area contributed by atoms with Crippen molar-refractivity contribution in [2.45, 2.75) is 6.92 Å². The van der Waals surface area contributed by atoms with Gasteiger partial charge in [0.15, 0.2) is 5.82 Å². The van der Waals surface area contributed by atoms with E-state index in [1.807, 2.05) is 36.4 Å². The van der Waals surface area contributed by atoms with Crippen LogP contribution in [0.1, 0.15) is 21.9 Å². The van der Waals surface area contributed by atoms with Crippen molar-refractivity contribution in [1.29, 1.82) is 5.41 Å². The molecule has 2 N–H and O–H groups in total. The molecular formula is C23H13N11O2. The van der Waals surface area contributed by atoms with Crippen LogP contribution in [0.15, 0.2) is 53.3 Å². The van der Waals surface area contributed by atoms with Gasteiger partial charge in [0.1, 0.15) is 22.4 Å². The third-order valence-corrected chi connectivity index (χ3v) is 6.03. The van der Waals surface area contributed by atoms with E-state index in [-0.39, 0.29) is 22.6 Å². The van der Waals surface area contributed by atoms with Crippen LogP contribution in [-0.2, 0) is 0 Å². The lowest BCUT2D eigenvalue weighted by Gasteiger charge is -1.98. The average Bonchev–Trinajstić information content (AvgIpc) is 3.62. The molecule has 0 radical (unpaired) electrons. The number of aromatic amines is 1. The molecule has 4 heterocycles. The van der Waals surface area contributed by atoms with Crippen LogP contribution in [0.3, 0.4) is 0 Å². The molecule has 8 rings (SSSR count). The predicted molar refractivity (Wildman–Crippen MR) is 126 cm³/mol. The monoisotopic (exact) mass is 475 g/mol. The second-order valence-electron chi connectivity index (χ2n) is 8.12. The molecule has 0 atom stereocenters. The number of carbonyl (C=O) groups is 1. The summed E-state index contributed by atoms with van der Waals surface area (Å²) in [4.78, 5) is 32.9. The van der Waals surface area contributed by atoms with Crippen molar-refractivity contribution in [3.8, 4) is 11.3 Å². The SMILES string of the molecule is Cc1nnc2nc3c(nn12)-c1ccccc1C3=O.N=c1nnc2nc3c([nH]n12)c(=O)c1ccccc13. The Morgan fingerprint density at radius 1 is 0.806 bits per heavy atom. The van der Waals surface area contributed by atoms with Gasteiger partial charge in [-0.1, -0.05) is 48.5 Å². The highest BCUT2D eigenvalue weighted by molar-refractivity contribution is 6.19. The molecule has 0 unspecified atom stereocenters. The number of nitrogens with one attached hydrogen (secondary N) is 2. The normalized spacial score (nSPS) is 12.3. The van der Waals surface area contributed by atoms with E-state index in [0.29, 0.717) is 45.0 Å². The third-order valence-electron chi connectivity index (χ3n) is 6.03. The van der Waals surface area contributed by atoms with E-state index in [1.54, 1.807) is 23.6 Å².